The average Bonchev–Trinajstić information content (AvgIpc) is 2.62. The Hall–Kier alpha value is -1.91. The zero-order valence-electron chi connectivity index (χ0n) is 5.97. The van der Waals surface area contributed by atoms with E-state index in [0.29, 0.717) is 11.7 Å². The van der Waals surface area contributed by atoms with Crippen LogP contribution in [-0.4, -0.2) is 15.8 Å². The van der Waals surface area contributed by atoms with Gasteiger partial charge >= 0.3 is 0 Å². The molecule has 12 heavy (non-hydrogen) atoms. The molecule has 0 amide bonds. The first-order chi connectivity index (χ1) is 5.95. The highest BCUT2D eigenvalue weighted by Gasteiger charge is 2.24. The predicted molar refractivity (Wildman–Crippen MR) is 42.0 cm³/mol. The molecule has 0 N–H and O–H groups in total. The van der Waals surface area contributed by atoms with Gasteiger partial charge in [-0.2, -0.15) is 5.11 Å². The Bertz CT molecular complexity index is 443. The van der Waals surface area contributed by atoms with E-state index in [1.807, 2.05) is 0 Å². The van der Waals surface area contributed by atoms with Crippen molar-refractivity contribution in [1.29, 1.82) is 0 Å². The molecule has 0 radical (unpaired) electrons. The molecule has 0 spiro atoms. The molecule has 0 aliphatic carbocycles. The number of rotatable bonds is 0. The molecule has 3 heterocycles. The van der Waals surface area contributed by atoms with E-state index in [1.165, 1.54) is 6.33 Å². The molecule has 0 aromatic carbocycles. The number of aliphatic imine (C=N–C) groups is 1. The highest BCUT2D eigenvalue weighted by Crippen LogP contribution is 2.34. The number of aromatic nitrogens is 2. The molecule has 2 aliphatic heterocycles. The SMILES string of the molecule is C1=C2C(=Nc3ncncc32)N=N1. The average molecular weight is 157 g/mol. The van der Waals surface area contributed by atoms with Crippen molar-refractivity contribution in [2.45, 2.75) is 0 Å². The first-order valence-electron chi connectivity index (χ1n) is 3.45. The zero-order chi connectivity index (χ0) is 7.97. The molecule has 0 unspecified atom stereocenters. The number of amidine groups is 1. The molecule has 0 bridgehead atoms. The van der Waals surface area contributed by atoms with E-state index in [2.05, 4.69) is 25.2 Å². The van der Waals surface area contributed by atoms with Gasteiger partial charge in [-0.3, -0.25) is 0 Å². The van der Waals surface area contributed by atoms with Crippen molar-refractivity contribution in [3.8, 4) is 0 Å². The van der Waals surface area contributed by atoms with Crippen molar-refractivity contribution in [1.82, 2.24) is 9.97 Å². The molecular weight excluding hydrogens is 154 g/mol. The fraction of sp³-hybridized carbons (Fsp3) is 0. The van der Waals surface area contributed by atoms with Crippen LogP contribution in [0.2, 0.25) is 0 Å². The second-order valence-corrected chi connectivity index (χ2v) is 2.45. The van der Waals surface area contributed by atoms with Gasteiger partial charge in [0.05, 0.1) is 17.3 Å². The van der Waals surface area contributed by atoms with Crippen LogP contribution < -0.4 is 0 Å². The maximum absolute atomic E-state index is 4.15. The smallest absolute Gasteiger partial charge is 0.186 e. The van der Waals surface area contributed by atoms with Crippen molar-refractivity contribution in [3.05, 3.63) is 24.3 Å². The van der Waals surface area contributed by atoms with Gasteiger partial charge < -0.3 is 0 Å². The van der Waals surface area contributed by atoms with Gasteiger partial charge in [-0.25, -0.2) is 15.0 Å². The zero-order valence-corrected chi connectivity index (χ0v) is 5.97. The largest absolute Gasteiger partial charge is 0.244 e. The molecule has 5 nitrogen and oxygen atoms in total. The van der Waals surface area contributed by atoms with Crippen molar-refractivity contribution in [2.24, 2.45) is 15.2 Å². The van der Waals surface area contributed by atoms with Crippen LogP contribution in [0.4, 0.5) is 5.82 Å². The topological polar surface area (TPSA) is 62.9 Å². The van der Waals surface area contributed by atoms with E-state index in [1.54, 1.807) is 12.4 Å². The molecule has 0 fully saturated rings. The van der Waals surface area contributed by atoms with Crippen LogP contribution in [0.25, 0.3) is 5.57 Å². The maximum Gasteiger partial charge on any atom is 0.186 e. The summed E-state index contributed by atoms with van der Waals surface area (Å²) in [6.07, 6.45) is 4.87. The van der Waals surface area contributed by atoms with Crippen molar-refractivity contribution in [2.75, 3.05) is 0 Å². The van der Waals surface area contributed by atoms with Crippen molar-refractivity contribution in [3.63, 3.8) is 0 Å². The standard InChI is InChI=1S/C7H3N5/c1-4-5-2-10-12-7(5)11-6(4)9-3-8-1/h1-3H. The highest BCUT2D eigenvalue weighted by molar-refractivity contribution is 6.28. The Balaban J connectivity index is 2.33. The third kappa shape index (κ3) is 0.554. The number of hydrogen-bond donors (Lipinski definition) is 0. The summed E-state index contributed by atoms with van der Waals surface area (Å²) in [5.74, 6) is 1.33. The third-order valence-corrected chi connectivity index (χ3v) is 1.77. The Morgan fingerprint density at radius 2 is 2.25 bits per heavy atom. The van der Waals surface area contributed by atoms with E-state index < -0.39 is 0 Å². The van der Waals surface area contributed by atoms with Crippen LogP contribution >= 0.6 is 0 Å². The van der Waals surface area contributed by atoms with Crippen LogP contribution in [-0.2, 0) is 0 Å². The summed E-state index contributed by atoms with van der Waals surface area (Å²) in [6.45, 7) is 0. The molecule has 2 aliphatic rings. The first kappa shape index (κ1) is 5.70. The molecule has 1 aromatic rings. The van der Waals surface area contributed by atoms with Crippen molar-refractivity contribution < 1.29 is 0 Å². The Morgan fingerprint density at radius 1 is 1.25 bits per heavy atom. The summed E-state index contributed by atoms with van der Waals surface area (Å²) in [6, 6.07) is 0. The Morgan fingerprint density at radius 3 is 3.25 bits per heavy atom. The lowest BCUT2D eigenvalue weighted by molar-refractivity contribution is 1.15. The monoisotopic (exact) mass is 157 g/mol. The van der Waals surface area contributed by atoms with Gasteiger partial charge in [0.2, 0.25) is 0 Å². The van der Waals surface area contributed by atoms with E-state index in [4.69, 9.17) is 0 Å². The first-order valence-corrected chi connectivity index (χ1v) is 3.45. The summed E-state index contributed by atoms with van der Waals surface area (Å²) < 4.78 is 0. The lowest BCUT2D eigenvalue weighted by Crippen LogP contribution is -1.87. The summed E-state index contributed by atoms with van der Waals surface area (Å²) in [5.41, 5.74) is 1.84. The normalized spacial score (nSPS) is 17.0. The lowest BCUT2D eigenvalue weighted by Gasteiger charge is -1.92. The quantitative estimate of drug-likeness (QED) is 0.570. The second kappa shape index (κ2) is 1.82. The van der Waals surface area contributed by atoms with Gasteiger partial charge in [0.15, 0.2) is 11.7 Å². The van der Waals surface area contributed by atoms with Gasteiger partial charge in [0.25, 0.3) is 0 Å². The fourth-order valence-electron chi connectivity index (χ4n) is 1.23. The summed E-state index contributed by atoms with van der Waals surface area (Å²) in [7, 11) is 0. The van der Waals surface area contributed by atoms with Gasteiger partial charge in [0.1, 0.15) is 6.33 Å². The molecule has 3 rings (SSSR count). The molecule has 0 saturated heterocycles. The predicted octanol–water partition coefficient (Wildman–Crippen LogP) is 1.33. The molecule has 0 saturated carbocycles. The Labute approximate surface area is 67.6 Å². The number of nitrogens with zero attached hydrogens (tertiary/aromatic N) is 5. The van der Waals surface area contributed by atoms with E-state index in [-0.39, 0.29) is 0 Å². The second-order valence-electron chi connectivity index (χ2n) is 2.45. The molecule has 0 atom stereocenters. The summed E-state index contributed by atoms with van der Waals surface area (Å²) in [5, 5.41) is 7.57. The summed E-state index contributed by atoms with van der Waals surface area (Å²) in [4.78, 5) is 12.1. The van der Waals surface area contributed by atoms with Gasteiger partial charge in [-0.15, -0.1) is 5.11 Å². The van der Waals surface area contributed by atoms with Crippen molar-refractivity contribution >= 4 is 17.2 Å². The molecule has 5 heteroatoms. The third-order valence-electron chi connectivity index (χ3n) is 1.77. The van der Waals surface area contributed by atoms with E-state index in [0.717, 1.165) is 11.1 Å². The number of hydrogen-bond acceptors (Lipinski definition) is 5. The minimum Gasteiger partial charge on any atom is -0.244 e. The molecule has 1 aromatic heterocycles. The van der Waals surface area contributed by atoms with Gasteiger partial charge in [-0.05, 0) is 0 Å². The van der Waals surface area contributed by atoms with Crippen LogP contribution in [0.5, 0.6) is 0 Å². The molecular formula is C7H3N5. The lowest BCUT2D eigenvalue weighted by atomic mass is 10.1. The van der Waals surface area contributed by atoms with E-state index in [9.17, 15) is 0 Å². The fourth-order valence-corrected chi connectivity index (χ4v) is 1.23. The Kier molecular flexibility index (Phi) is 0.864. The molecule has 56 valence electrons. The minimum absolute atomic E-state index is 0.644. The highest BCUT2D eigenvalue weighted by atomic mass is 15.2. The van der Waals surface area contributed by atoms with Crippen LogP contribution in [0.1, 0.15) is 5.56 Å². The van der Waals surface area contributed by atoms with Crippen LogP contribution in [0.3, 0.4) is 0 Å². The summed E-state index contributed by atoms with van der Waals surface area (Å²) >= 11 is 0. The van der Waals surface area contributed by atoms with Gasteiger partial charge in [-0.1, -0.05) is 0 Å². The van der Waals surface area contributed by atoms with Crippen LogP contribution in [0.15, 0.2) is 33.9 Å². The minimum atomic E-state index is 0.644. The number of fused-ring (bicyclic) bond motifs is 3. The van der Waals surface area contributed by atoms with Crippen LogP contribution in [0, 0.1) is 0 Å². The van der Waals surface area contributed by atoms with E-state index >= 15 is 0 Å². The number of azo groups is 1. The maximum atomic E-state index is 4.15. The van der Waals surface area contributed by atoms with Gasteiger partial charge in [0, 0.05) is 6.20 Å².